The zero-order valence-electron chi connectivity index (χ0n) is 13.1. The van der Waals surface area contributed by atoms with Gasteiger partial charge in [0.1, 0.15) is 10.4 Å². The summed E-state index contributed by atoms with van der Waals surface area (Å²) in [5.41, 5.74) is 1.96. The Morgan fingerprint density at radius 3 is 3.00 bits per heavy atom. The Balaban J connectivity index is 1.76. The number of thiophene rings is 1. The summed E-state index contributed by atoms with van der Waals surface area (Å²) in [6.07, 6.45) is 0. The molecule has 4 rings (SSSR count). The van der Waals surface area contributed by atoms with Gasteiger partial charge in [0.2, 0.25) is 5.78 Å². The van der Waals surface area contributed by atoms with E-state index < -0.39 is 0 Å². The predicted octanol–water partition coefficient (Wildman–Crippen LogP) is 2.94. The molecule has 4 aromatic rings. The highest BCUT2D eigenvalue weighted by atomic mass is 32.2. The number of fused-ring (bicyclic) bond motifs is 3. The molecule has 0 amide bonds. The van der Waals surface area contributed by atoms with Crippen molar-refractivity contribution in [1.82, 2.24) is 19.2 Å². The van der Waals surface area contributed by atoms with Crippen LogP contribution in [0.3, 0.4) is 0 Å². The van der Waals surface area contributed by atoms with Gasteiger partial charge < -0.3 is 4.74 Å². The fraction of sp³-hybridized carbons (Fsp3) is 0.188. The monoisotopic (exact) mass is 358 g/mol. The standard InChI is InChI=1S/C16H14N4O2S2/c1-19-14(21)13-12(6-7-23-13)20-15(19)17-18-16(20)24-9-10-4-3-5-11(8-10)22-2/h3-8H,9H2,1-2H3. The van der Waals surface area contributed by atoms with Gasteiger partial charge in [0, 0.05) is 12.8 Å². The van der Waals surface area contributed by atoms with Crippen LogP contribution in [0.4, 0.5) is 0 Å². The van der Waals surface area contributed by atoms with E-state index in [1.165, 1.54) is 11.3 Å². The highest BCUT2D eigenvalue weighted by Gasteiger charge is 2.15. The number of benzene rings is 1. The van der Waals surface area contributed by atoms with Gasteiger partial charge in [0.25, 0.3) is 5.56 Å². The number of nitrogens with zero attached hydrogens (tertiary/aromatic N) is 4. The Bertz CT molecular complexity index is 1100. The molecule has 0 saturated carbocycles. The van der Waals surface area contributed by atoms with Crippen LogP contribution in [0.2, 0.25) is 0 Å². The SMILES string of the molecule is COc1cccc(CSc2nnc3n(C)c(=O)c4sccc4n23)c1. The lowest BCUT2D eigenvalue weighted by molar-refractivity contribution is 0.414. The van der Waals surface area contributed by atoms with Crippen LogP contribution >= 0.6 is 23.1 Å². The molecule has 1 aromatic carbocycles. The molecule has 0 aliphatic heterocycles. The highest BCUT2D eigenvalue weighted by Crippen LogP contribution is 2.27. The quantitative estimate of drug-likeness (QED) is 0.525. The summed E-state index contributed by atoms with van der Waals surface area (Å²) >= 11 is 3.02. The maximum absolute atomic E-state index is 12.3. The first kappa shape index (κ1) is 15.2. The summed E-state index contributed by atoms with van der Waals surface area (Å²) in [5.74, 6) is 2.13. The fourth-order valence-corrected chi connectivity index (χ4v) is 4.31. The molecule has 0 saturated heterocycles. The molecule has 24 heavy (non-hydrogen) atoms. The molecule has 3 heterocycles. The lowest BCUT2D eigenvalue weighted by atomic mass is 10.2. The van der Waals surface area contributed by atoms with Crippen LogP contribution in [-0.4, -0.2) is 26.3 Å². The van der Waals surface area contributed by atoms with E-state index in [0.29, 0.717) is 10.5 Å². The number of thioether (sulfide) groups is 1. The number of hydrogen-bond donors (Lipinski definition) is 0. The zero-order valence-corrected chi connectivity index (χ0v) is 14.7. The van der Waals surface area contributed by atoms with Crippen molar-refractivity contribution in [1.29, 1.82) is 0 Å². The third-order valence-electron chi connectivity index (χ3n) is 3.80. The highest BCUT2D eigenvalue weighted by molar-refractivity contribution is 7.98. The van der Waals surface area contributed by atoms with Gasteiger partial charge in [-0.1, -0.05) is 23.9 Å². The summed E-state index contributed by atoms with van der Waals surface area (Å²) in [5, 5.41) is 11.2. The average Bonchev–Trinajstić information content (AvgIpc) is 3.24. The van der Waals surface area contributed by atoms with Crippen molar-refractivity contribution in [3.05, 3.63) is 51.6 Å². The van der Waals surface area contributed by atoms with E-state index in [1.54, 1.807) is 30.5 Å². The van der Waals surface area contributed by atoms with E-state index in [2.05, 4.69) is 16.3 Å². The maximum atomic E-state index is 12.3. The first-order valence-corrected chi connectivity index (χ1v) is 9.12. The Kier molecular flexibility index (Phi) is 3.78. The fourth-order valence-electron chi connectivity index (χ4n) is 2.58. The molecule has 6 nitrogen and oxygen atoms in total. The van der Waals surface area contributed by atoms with Crippen LogP contribution in [0.15, 0.2) is 45.7 Å². The summed E-state index contributed by atoms with van der Waals surface area (Å²) in [4.78, 5) is 12.3. The van der Waals surface area contributed by atoms with Crippen molar-refractivity contribution in [3.8, 4) is 5.75 Å². The van der Waals surface area contributed by atoms with Gasteiger partial charge in [-0.15, -0.1) is 21.5 Å². The molecular weight excluding hydrogens is 344 g/mol. The van der Waals surface area contributed by atoms with Gasteiger partial charge in [-0.3, -0.25) is 13.8 Å². The molecule has 122 valence electrons. The van der Waals surface area contributed by atoms with Gasteiger partial charge in [0.05, 0.1) is 12.6 Å². The molecule has 8 heteroatoms. The molecular formula is C16H14N4O2S2. The average molecular weight is 358 g/mol. The summed E-state index contributed by atoms with van der Waals surface area (Å²) in [7, 11) is 3.38. The minimum absolute atomic E-state index is 0.0377. The third-order valence-corrected chi connectivity index (χ3v) is 5.69. The van der Waals surface area contributed by atoms with Crippen LogP contribution in [0.25, 0.3) is 16.0 Å². The minimum atomic E-state index is -0.0377. The largest absolute Gasteiger partial charge is 0.497 e. The second kappa shape index (κ2) is 5.95. The molecule has 0 radical (unpaired) electrons. The van der Waals surface area contributed by atoms with Crippen molar-refractivity contribution in [2.24, 2.45) is 7.05 Å². The Hall–Kier alpha value is -2.32. The summed E-state index contributed by atoms with van der Waals surface area (Å²) in [6.45, 7) is 0. The molecule has 0 atom stereocenters. The molecule has 3 aromatic heterocycles. The summed E-state index contributed by atoms with van der Waals surface area (Å²) < 4.78 is 9.46. The van der Waals surface area contributed by atoms with Gasteiger partial charge >= 0.3 is 0 Å². The second-order valence-electron chi connectivity index (χ2n) is 5.26. The number of rotatable bonds is 4. The zero-order chi connectivity index (χ0) is 16.7. The molecule has 0 bridgehead atoms. The number of methoxy groups -OCH3 is 1. The smallest absolute Gasteiger partial charge is 0.272 e. The van der Waals surface area contributed by atoms with Crippen molar-refractivity contribution in [2.75, 3.05) is 7.11 Å². The molecule has 0 aliphatic rings. The van der Waals surface area contributed by atoms with E-state index >= 15 is 0 Å². The number of hydrogen-bond acceptors (Lipinski definition) is 6. The van der Waals surface area contributed by atoms with Crippen molar-refractivity contribution in [2.45, 2.75) is 10.9 Å². The number of aromatic nitrogens is 4. The minimum Gasteiger partial charge on any atom is -0.497 e. The Morgan fingerprint density at radius 1 is 1.29 bits per heavy atom. The van der Waals surface area contributed by atoms with Crippen molar-refractivity contribution < 1.29 is 4.74 Å². The van der Waals surface area contributed by atoms with Crippen LogP contribution in [0, 0.1) is 0 Å². The molecule has 0 aliphatic carbocycles. The first-order chi connectivity index (χ1) is 11.7. The Morgan fingerprint density at radius 2 is 2.17 bits per heavy atom. The van der Waals surface area contributed by atoms with E-state index in [9.17, 15) is 4.79 Å². The summed E-state index contributed by atoms with van der Waals surface area (Å²) in [6, 6.07) is 9.89. The topological polar surface area (TPSA) is 61.4 Å². The van der Waals surface area contributed by atoms with Crippen molar-refractivity contribution >= 4 is 39.1 Å². The van der Waals surface area contributed by atoms with Crippen LogP contribution in [-0.2, 0) is 12.8 Å². The molecule has 0 fully saturated rings. The van der Waals surface area contributed by atoms with Gasteiger partial charge in [-0.2, -0.15) is 0 Å². The Labute approximate surface area is 145 Å². The third kappa shape index (κ3) is 2.38. The molecule has 0 spiro atoms. The van der Waals surface area contributed by atoms with Gasteiger partial charge in [-0.05, 0) is 29.1 Å². The van der Waals surface area contributed by atoms with Crippen molar-refractivity contribution in [3.63, 3.8) is 0 Å². The second-order valence-corrected chi connectivity index (χ2v) is 7.12. The van der Waals surface area contributed by atoms with Gasteiger partial charge in [-0.25, -0.2) is 0 Å². The van der Waals surface area contributed by atoms with E-state index in [4.69, 9.17) is 4.74 Å². The maximum Gasteiger partial charge on any atom is 0.272 e. The van der Waals surface area contributed by atoms with E-state index in [1.807, 2.05) is 34.0 Å². The van der Waals surface area contributed by atoms with Crippen LogP contribution in [0.5, 0.6) is 5.75 Å². The number of ether oxygens (including phenoxy) is 1. The molecule has 0 unspecified atom stereocenters. The lowest BCUT2D eigenvalue weighted by Gasteiger charge is -2.06. The first-order valence-electron chi connectivity index (χ1n) is 7.26. The lowest BCUT2D eigenvalue weighted by Crippen LogP contribution is -2.18. The predicted molar refractivity (Wildman–Crippen MR) is 96.2 cm³/mol. The van der Waals surface area contributed by atoms with Crippen LogP contribution < -0.4 is 10.3 Å². The van der Waals surface area contributed by atoms with E-state index in [0.717, 1.165) is 27.7 Å². The van der Waals surface area contributed by atoms with E-state index in [-0.39, 0.29) is 5.56 Å². The van der Waals surface area contributed by atoms with Gasteiger partial charge in [0.15, 0.2) is 5.16 Å². The van der Waals surface area contributed by atoms with Crippen LogP contribution in [0.1, 0.15) is 5.56 Å². The molecule has 0 N–H and O–H groups in total. The normalized spacial score (nSPS) is 11.4. The number of aryl methyl sites for hydroxylation is 1.